The summed E-state index contributed by atoms with van der Waals surface area (Å²) in [5.41, 5.74) is 1.17. The van der Waals surface area contributed by atoms with Gasteiger partial charge in [0.2, 0.25) is 15.9 Å². The second-order valence-electron chi connectivity index (χ2n) is 8.01. The van der Waals surface area contributed by atoms with Gasteiger partial charge >= 0.3 is 0 Å². The molecule has 32 heavy (non-hydrogen) atoms. The molecule has 170 valence electrons. The predicted octanol–water partition coefficient (Wildman–Crippen LogP) is 3.21. The van der Waals surface area contributed by atoms with Crippen LogP contribution in [-0.2, 0) is 19.6 Å². The summed E-state index contributed by atoms with van der Waals surface area (Å²) in [6, 6.07) is 10.9. The fourth-order valence-corrected chi connectivity index (χ4v) is 5.48. The molecule has 2 fully saturated rings. The van der Waals surface area contributed by atoms with Gasteiger partial charge in [0.15, 0.2) is 0 Å². The molecule has 0 radical (unpaired) electrons. The van der Waals surface area contributed by atoms with Crippen molar-refractivity contribution in [1.82, 2.24) is 4.31 Å². The number of sulfonamides is 1. The molecule has 2 atom stereocenters. The van der Waals surface area contributed by atoms with Crippen LogP contribution in [-0.4, -0.2) is 50.8 Å². The number of carbonyl (C=O) groups excluding carboxylic acids is 2. The van der Waals surface area contributed by atoms with E-state index in [1.165, 1.54) is 16.4 Å². The molecule has 0 spiro atoms. The fraction of sp³-hybridized carbons (Fsp3) is 0.364. The highest BCUT2D eigenvalue weighted by Gasteiger charge is 2.39. The van der Waals surface area contributed by atoms with Crippen molar-refractivity contribution in [2.24, 2.45) is 11.8 Å². The summed E-state index contributed by atoms with van der Waals surface area (Å²) in [5.74, 6) is -0.0774. The van der Waals surface area contributed by atoms with Gasteiger partial charge in [0.1, 0.15) is 4.90 Å². The first-order valence-corrected chi connectivity index (χ1v) is 12.2. The van der Waals surface area contributed by atoms with Crippen LogP contribution in [0.1, 0.15) is 23.7 Å². The average molecular weight is 478 g/mol. The number of ether oxygens (including phenoxy) is 1. The first kappa shape index (κ1) is 22.7. The Morgan fingerprint density at radius 2 is 1.75 bits per heavy atom. The van der Waals surface area contributed by atoms with Gasteiger partial charge in [0.25, 0.3) is 5.91 Å². The minimum absolute atomic E-state index is 0.0217. The number of amides is 2. The van der Waals surface area contributed by atoms with Crippen LogP contribution < -0.4 is 10.6 Å². The second kappa shape index (κ2) is 9.19. The molecule has 2 unspecified atom stereocenters. The number of morpholine rings is 1. The topological polar surface area (TPSA) is 105 Å². The lowest BCUT2D eigenvalue weighted by Crippen LogP contribution is -2.40. The van der Waals surface area contributed by atoms with Crippen LogP contribution in [0.15, 0.2) is 47.4 Å². The Morgan fingerprint density at radius 1 is 1.06 bits per heavy atom. The van der Waals surface area contributed by atoms with E-state index in [1.54, 1.807) is 30.3 Å². The van der Waals surface area contributed by atoms with Crippen LogP contribution in [0.2, 0.25) is 5.02 Å². The van der Waals surface area contributed by atoms with Crippen molar-refractivity contribution < 1.29 is 22.7 Å². The van der Waals surface area contributed by atoms with Gasteiger partial charge in [-0.15, -0.1) is 0 Å². The summed E-state index contributed by atoms with van der Waals surface area (Å²) in [6.45, 7) is 3.15. The van der Waals surface area contributed by atoms with Crippen molar-refractivity contribution in [3.8, 4) is 0 Å². The van der Waals surface area contributed by atoms with Crippen molar-refractivity contribution in [1.29, 1.82) is 0 Å². The zero-order valence-corrected chi connectivity index (χ0v) is 19.1. The molecule has 2 aromatic carbocycles. The maximum Gasteiger partial charge on any atom is 0.255 e. The molecule has 2 aliphatic rings. The van der Waals surface area contributed by atoms with Crippen molar-refractivity contribution in [2.45, 2.75) is 18.2 Å². The van der Waals surface area contributed by atoms with E-state index in [-0.39, 0.29) is 34.8 Å². The normalized spacial score (nSPS) is 21.1. The molecular formula is C22H24ClN3O5S. The van der Waals surface area contributed by atoms with Gasteiger partial charge in [-0.05, 0) is 48.7 Å². The molecule has 1 aliphatic carbocycles. The van der Waals surface area contributed by atoms with E-state index >= 15 is 0 Å². The third kappa shape index (κ3) is 4.96. The molecule has 1 saturated heterocycles. The minimum atomic E-state index is -3.82. The van der Waals surface area contributed by atoms with Crippen LogP contribution in [0, 0.1) is 11.8 Å². The van der Waals surface area contributed by atoms with Crippen LogP contribution in [0.4, 0.5) is 11.4 Å². The smallest absolute Gasteiger partial charge is 0.255 e. The molecule has 2 amide bonds. The first-order chi connectivity index (χ1) is 15.3. The lowest BCUT2D eigenvalue weighted by atomic mass is 10.1. The Morgan fingerprint density at radius 3 is 2.44 bits per heavy atom. The summed E-state index contributed by atoms with van der Waals surface area (Å²) >= 11 is 6.17. The second-order valence-corrected chi connectivity index (χ2v) is 10.3. The number of nitrogens with one attached hydrogen (secondary N) is 2. The molecule has 1 aliphatic heterocycles. The molecule has 2 aromatic rings. The lowest BCUT2D eigenvalue weighted by molar-refractivity contribution is -0.117. The van der Waals surface area contributed by atoms with Crippen molar-refractivity contribution >= 4 is 44.8 Å². The van der Waals surface area contributed by atoms with Gasteiger partial charge in [-0.2, -0.15) is 4.31 Å². The molecule has 2 N–H and O–H groups in total. The zero-order chi connectivity index (χ0) is 22.9. The van der Waals surface area contributed by atoms with Crippen LogP contribution in [0.25, 0.3) is 0 Å². The third-order valence-corrected chi connectivity index (χ3v) is 8.00. The summed E-state index contributed by atoms with van der Waals surface area (Å²) in [5, 5.41) is 5.62. The fourth-order valence-electron chi connectivity index (χ4n) is 3.57. The number of benzene rings is 2. The Labute approximate surface area is 191 Å². The molecule has 1 heterocycles. The van der Waals surface area contributed by atoms with E-state index in [4.69, 9.17) is 16.3 Å². The number of nitrogens with zero attached hydrogens (tertiary/aromatic N) is 1. The Kier molecular flexibility index (Phi) is 6.52. The van der Waals surface area contributed by atoms with Gasteiger partial charge in [0, 0.05) is 35.9 Å². The molecule has 0 aromatic heterocycles. The Balaban J connectivity index is 1.49. The summed E-state index contributed by atoms with van der Waals surface area (Å²) < 4.78 is 32.5. The molecule has 1 saturated carbocycles. The van der Waals surface area contributed by atoms with E-state index in [9.17, 15) is 18.0 Å². The van der Waals surface area contributed by atoms with Crippen molar-refractivity contribution in [3.05, 3.63) is 53.1 Å². The molecule has 0 bridgehead atoms. The molecule has 10 heteroatoms. The van der Waals surface area contributed by atoms with E-state index in [0.29, 0.717) is 36.1 Å². The van der Waals surface area contributed by atoms with E-state index in [0.717, 1.165) is 6.42 Å². The standard InChI is InChI=1S/C22H24ClN3O5S/c1-14-11-18(14)22(28)25-16-4-2-3-15(12-16)21(27)24-17-5-6-19(23)20(13-17)32(29,30)26-7-9-31-10-8-26/h2-6,12-14,18H,7-11H2,1H3,(H,24,27)(H,25,28). The van der Waals surface area contributed by atoms with E-state index < -0.39 is 15.9 Å². The van der Waals surface area contributed by atoms with Gasteiger partial charge in [-0.25, -0.2) is 8.42 Å². The number of hydrogen-bond donors (Lipinski definition) is 2. The molecule has 8 nitrogen and oxygen atoms in total. The number of rotatable bonds is 6. The monoisotopic (exact) mass is 477 g/mol. The molecular weight excluding hydrogens is 454 g/mol. The zero-order valence-electron chi connectivity index (χ0n) is 17.5. The average Bonchev–Trinajstić information content (AvgIpc) is 3.52. The summed E-state index contributed by atoms with van der Waals surface area (Å²) in [6.07, 6.45) is 0.873. The van der Waals surface area contributed by atoms with Gasteiger partial charge in [-0.3, -0.25) is 9.59 Å². The number of halogens is 1. The third-order valence-electron chi connectivity index (χ3n) is 5.62. The van der Waals surface area contributed by atoms with E-state index in [1.807, 2.05) is 6.92 Å². The highest BCUT2D eigenvalue weighted by molar-refractivity contribution is 7.89. The Hall–Kier alpha value is -2.46. The summed E-state index contributed by atoms with van der Waals surface area (Å²) in [4.78, 5) is 24.9. The van der Waals surface area contributed by atoms with Crippen molar-refractivity contribution in [3.63, 3.8) is 0 Å². The van der Waals surface area contributed by atoms with Gasteiger partial charge in [0.05, 0.1) is 18.2 Å². The van der Waals surface area contributed by atoms with E-state index in [2.05, 4.69) is 10.6 Å². The predicted molar refractivity (Wildman–Crippen MR) is 121 cm³/mol. The number of carbonyl (C=O) groups is 2. The first-order valence-electron chi connectivity index (χ1n) is 10.4. The minimum Gasteiger partial charge on any atom is -0.379 e. The van der Waals surface area contributed by atoms with Crippen molar-refractivity contribution in [2.75, 3.05) is 36.9 Å². The van der Waals surface area contributed by atoms with Gasteiger partial charge < -0.3 is 15.4 Å². The van der Waals surface area contributed by atoms with Crippen LogP contribution in [0.5, 0.6) is 0 Å². The lowest BCUT2D eigenvalue weighted by Gasteiger charge is -2.26. The number of hydrogen-bond acceptors (Lipinski definition) is 5. The molecule has 4 rings (SSSR count). The van der Waals surface area contributed by atoms with Gasteiger partial charge in [-0.1, -0.05) is 24.6 Å². The highest BCUT2D eigenvalue weighted by Crippen LogP contribution is 2.38. The summed E-state index contributed by atoms with van der Waals surface area (Å²) in [7, 11) is -3.82. The maximum absolute atomic E-state index is 13.0. The SMILES string of the molecule is CC1CC1C(=O)Nc1cccc(C(=O)Nc2ccc(Cl)c(S(=O)(=O)N3CCOCC3)c2)c1. The quantitative estimate of drug-likeness (QED) is 0.664. The maximum atomic E-state index is 13.0. The van der Waals surface area contributed by atoms with Crippen LogP contribution in [0.3, 0.4) is 0 Å². The highest BCUT2D eigenvalue weighted by atomic mass is 35.5. The Bertz CT molecular complexity index is 1150. The largest absolute Gasteiger partial charge is 0.379 e. The van der Waals surface area contributed by atoms with Crippen LogP contribution >= 0.6 is 11.6 Å². The number of anilines is 2.